The molecule has 0 saturated carbocycles. The van der Waals surface area contributed by atoms with Crippen molar-refractivity contribution in [1.82, 2.24) is 0 Å². The minimum Gasteiger partial charge on any atom is -0.399 e. The van der Waals surface area contributed by atoms with Crippen LogP contribution >= 0.6 is 0 Å². The third-order valence-electron chi connectivity index (χ3n) is 2.95. The molecule has 0 heterocycles. The molecule has 0 unspecified atom stereocenters. The van der Waals surface area contributed by atoms with Gasteiger partial charge in [0, 0.05) is 5.56 Å². The molecule has 0 aliphatic carbocycles. The summed E-state index contributed by atoms with van der Waals surface area (Å²) in [7, 11) is 1.47. The molecule has 2 aromatic rings. The average molecular weight is 255 g/mol. The molecule has 3 nitrogen and oxygen atoms in total. The first-order chi connectivity index (χ1) is 9.24. The number of rotatable bonds is 4. The van der Waals surface area contributed by atoms with Crippen molar-refractivity contribution in [2.45, 2.75) is 6.92 Å². The Morgan fingerprint density at radius 2 is 1.53 bits per heavy atom. The zero-order valence-electron chi connectivity index (χ0n) is 11.1. The summed E-state index contributed by atoms with van der Waals surface area (Å²) in [6.45, 7) is 1.93. The van der Waals surface area contributed by atoms with Crippen LogP contribution < -0.4 is 0 Å². The monoisotopic (exact) mass is 255 g/mol. The Morgan fingerprint density at radius 3 is 2.00 bits per heavy atom. The zero-order chi connectivity index (χ0) is 13.7. The van der Waals surface area contributed by atoms with Crippen LogP contribution in [0.25, 0.3) is 11.1 Å². The fourth-order valence-corrected chi connectivity index (χ4v) is 1.88. The highest BCUT2D eigenvalue weighted by molar-refractivity contribution is 6.01. The fourth-order valence-electron chi connectivity index (χ4n) is 1.88. The third kappa shape index (κ3) is 3.20. The van der Waals surface area contributed by atoms with Crippen LogP contribution in [0.4, 0.5) is 0 Å². The van der Waals surface area contributed by atoms with Crippen molar-refractivity contribution in [2.75, 3.05) is 13.7 Å². The second-order valence-electron chi connectivity index (χ2n) is 4.32. The standard InChI is InChI=1S/C16H17NO2/c1-12-3-5-13(6-4-12)14-7-9-15(10-8-14)16(11-18)17-19-2/h3-10,18H,11H2,1-2H3/b17-16+. The maximum atomic E-state index is 9.22. The highest BCUT2D eigenvalue weighted by atomic mass is 16.6. The van der Waals surface area contributed by atoms with Gasteiger partial charge >= 0.3 is 0 Å². The van der Waals surface area contributed by atoms with Gasteiger partial charge in [-0.3, -0.25) is 0 Å². The summed E-state index contributed by atoms with van der Waals surface area (Å²) in [5.41, 5.74) is 4.94. The quantitative estimate of drug-likeness (QED) is 0.674. The Hall–Kier alpha value is -2.13. The summed E-state index contributed by atoms with van der Waals surface area (Å²) >= 11 is 0. The minimum atomic E-state index is -0.141. The van der Waals surface area contributed by atoms with Crippen LogP contribution in [0.2, 0.25) is 0 Å². The normalized spacial score (nSPS) is 11.4. The molecule has 0 radical (unpaired) electrons. The first-order valence-corrected chi connectivity index (χ1v) is 6.13. The van der Waals surface area contributed by atoms with E-state index in [4.69, 9.17) is 4.84 Å². The highest BCUT2D eigenvalue weighted by Crippen LogP contribution is 2.20. The second-order valence-corrected chi connectivity index (χ2v) is 4.32. The van der Waals surface area contributed by atoms with Crippen molar-refractivity contribution in [1.29, 1.82) is 0 Å². The van der Waals surface area contributed by atoms with Crippen LogP contribution in [0, 0.1) is 6.92 Å². The SMILES string of the molecule is CO/N=C(\CO)c1ccc(-c2ccc(C)cc2)cc1. The molecule has 2 aromatic carbocycles. The lowest BCUT2D eigenvalue weighted by atomic mass is 10.0. The first-order valence-electron chi connectivity index (χ1n) is 6.13. The number of benzene rings is 2. The van der Waals surface area contributed by atoms with Gasteiger partial charge in [0.15, 0.2) is 0 Å². The molecule has 0 spiro atoms. The maximum absolute atomic E-state index is 9.22. The number of hydrogen-bond donors (Lipinski definition) is 1. The molecule has 0 saturated heterocycles. The van der Waals surface area contributed by atoms with Gasteiger partial charge in [0.05, 0.1) is 6.61 Å². The van der Waals surface area contributed by atoms with Gasteiger partial charge in [-0.15, -0.1) is 0 Å². The lowest BCUT2D eigenvalue weighted by Crippen LogP contribution is -2.06. The van der Waals surface area contributed by atoms with Gasteiger partial charge in [0.25, 0.3) is 0 Å². The lowest BCUT2D eigenvalue weighted by Gasteiger charge is -2.05. The molecule has 0 aliphatic rings. The molecule has 0 atom stereocenters. The van der Waals surface area contributed by atoms with Gasteiger partial charge in [-0.1, -0.05) is 59.3 Å². The van der Waals surface area contributed by atoms with Crippen LogP contribution in [0.3, 0.4) is 0 Å². The molecule has 0 bridgehead atoms. The van der Waals surface area contributed by atoms with E-state index in [2.05, 4.69) is 36.3 Å². The van der Waals surface area contributed by atoms with Crippen LogP contribution in [-0.4, -0.2) is 24.5 Å². The Labute approximate surface area is 113 Å². The van der Waals surface area contributed by atoms with E-state index in [-0.39, 0.29) is 6.61 Å². The predicted octanol–water partition coefficient (Wildman–Crippen LogP) is 3.00. The topological polar surface area (TPSA) is 41.8 Å². The molecule has 19 heavy (non-hydrogen) atoms. The van der Waals surface area contributed by atoms with Crippen molar-refractivity contribution in [2.24, 2.45) is 5.16 Å². The Bertz CT molecular complexity index is 556. The van der Waals surface area contributed by atoms with Crippen LogP contribution in [-0.2, 0) is 4.84 Å². The summed E-state index contributed by atoms with van der Waals surface area (Å²) in [6.07, 6.45) is 0. The van der Waals surface area contributed by atoms with Crippen molar-refractivity contribution in [3.8, 4) is 11.1 Å². The van der Waals surface area contributed by atoms with Gasteiger partial charge in [0.1, 0.15) is 12.8 Å². The largest absolute Gasteiger partial charge is 0.399 e. The lowest BCUT2D eigenvalue weighted by molar-refractivity contribution is 0.209. The van der Waals surface area contributed by atoms with E-state index in [1.807, 2.05) is 24.3 Å². The zero-order valence-corrected chi connectivity index (χ0v) is 11.1. The van der Waals surface area contributed by atoms with Gasteiger partial charge < -0.3 is 9.94 Å². The number of nitrogens with zero attached hydrogens (tertiary/aromatic N) is 1. The van der Waals surface area contributed by atoms with Crippen LogP contribution in [0.5, 0.6) is 0 Å². The average Bonchev–Trinajstić information content (AvgIpc) is 2.46. The van der Waals surface area contributed by atoms with E-state index in [0.717, 1.165) is 11.1 Å². The smallest absolute Gasteiger partial charge is 0.112 e. The summed E-state index contributed by atoms with van der Waals surface area (Å²) < 4.78 is 0. The molecular formula is C16H17NO2. The Morgan fingerprint density at radius 1 is 1.00 bits per heavy atom. The van der Waals surface area contributed by atoms with Crippen molar-refractivity contribution in [3.05, 3.63) is 59.7 Å². The number of oxime groups is 1. The second kappa shape index (κ2) is 6.16. The number of aliphatic hydroxyl groups excluding tert-OH is 1. The summed E-state index contributed by atoms with van der Waals surface area (Å²) in [4.78, 5) is 4.71. The van der Waals surface area contributed by atoms with E-state index in [1.165, 1.54) is 18.2 Å². The van der Waals surface area contributed by atoms with E-state index in [1.54, 1.807) is 0 Å². The molecule has 0 fully saturated rings. The van der Waals surface area contributed by atoms with Gasteiger partial charge in [0.2, 0.25) is 0 Å². The Kier molecular flexibility index (Phi) is 4.31. The molecule has 3 heteroatoms. The number of aliphatic hydroxyl groups is 1. The van der Waals surface area contributed by atoms with Crippen molar-refractivity contribution in [3.63, 3.8) is 0 Å². The van der Waals surface area contributed by atoms with Gasteiger partial charge in [-0.25, -0.2) is 0 Å². The van der Waals surface area contributed by atoms with Crippen molar-refractivity contribution >= 4 is 5.71 Å². The maximum Gasteiger partial charge on any atom is 0.112 e. The van der Waals surface area contributed by atoms with Gasteiger partial charge in [-0.2, -0.15) is 0 Å². The third-order valence-corrected chi connectivity index (χ3v) is 2.95. The summed E-state index contributed by atoms with van der Waals surface area (Å²) in [5, 5.41) is 13.0. The predicted molar refractivity (Wildman–Crippen MR) is 77.2 cm³/mol. The number of hydrogen-bond acceptors (Lipinski definition) is 3. The van der Waals surface area contributed by atoms with E-state index in [0.29, 0.717) is 5.71 Å². The minimum absolute atomic E-state index is 0.141. The molecule has 1 N–H and O–H groups in total. The molecule has 2 rings (SSSR count). The van der Waals surface area contributed by atoms with E-state index in [9.17, 15) is 5.11 Å². The molecule has 0 aromatic heterocycles. The Balaban J connectivity index is 2.27. The van der Waals surface area contributed by atoms with Crippen LogP contribution in [0.1, 0.15) is 11.1 Å². The highest BCUT2D eigenvalue weighted by Gasteiger charge is 2.04. The molecule has 0 aliphatic heterocycles. The molecule has 98 valence electrons. The fraction of sp³-hybridized carbons (Fsp3) is 0.188. The summed E-state index contributed by atoms with van der Waals surface area (Å²) in [5.74, 6) is 0. The molecule has 0 amide bonds. The number of aryl methyl sites for hydroxylation is 1. The van der Waals surface area contributed by atoms with Crippen molar-refractivity contribution < 1.29 is 9.94 Å². The molecular weight excluding hydrogens is 238 g/mol. The van der Waals surface area contributed by atoms with Gasteiger partial charge in [-0.05, 0) is 18.1 Å². The van der Waals surface area contributed by atoms with Crippen LogP contribution in [0.15, 0.2) is 53.7 Å². The summed E-state index contributed by atoms with van der Waals surface area (Å²) in [6, 6.07) is 16.3. The van der Waals surface area contributed by atoms with E-state index < -0.39 is 0 Å². The van der Waals surface area contributed by atoms with E-state index >= 15 is 0 Å². The first kappa shape index (κ1) is 13.3.